The van der Waals surface area contributed by atoms with Crippen LogP contribution in [0.2, 0.25) is 0 Å². The van der Waals surface area contributed by atoms with E-state index in [4.69, 9.17) is 0 Å². The first-order valence-corrected chi connectivity index (χ1v) is 8.73. The summed E-state index contributed by atoms with van der Waals surface area (Å²) in [5.41, 5.74) is -0.857. The van der Waals surface area contributed by atoms with Gasteiger partial charge in [-0.1, -0.05) is 13.3 Å². The molecule has 1 aliphatic carbocycles. The van der Waals surface area contributed by atoms with E-state index < -0.39 is 41.6 Å². The minimum atomic E-state index is -1.09. The van der Waals surface area contributed by atoms with E-state index in [0.29, 0.717) is 18.8 Å². The van der Waals surface area contributed by atoms with Crippen LogP contribution in [-0.2, 0) is 9.59 Å². The van der Waals surface area contributed by atoms with Crippen molar-refractivity contribution in [3.63, 3.8) is 0 Å². The largest absolute Gasteiger partial charge is 0.325 e. The molecule has 1 heterocycles. The number of anilines is 1. The van der Waals surface area contributed by atoms with E-state index in [-0.39, 0.29) is 5.69 Å². The Labute approximate surface area is 149 Å². The summed E-state index contributed by atoms with van der Waals surface area (Å²) in [5.74, 6) is -2.61. The van der Waals surface area contributed by atoms with Gasteiger partial charge in [-0.3, -0.25) is 14.5 Å². The lowest BCUT2D eigenvalue weighted by Gasteiger charge is -2.34. The van der Waals surface area contributed by atoms with Gasteiger partial charge in [0, 0.05) is 11.8 Å². The van der Waals surface area contributed by atoms with Gasteiger partial charge in [0.05, 0.1) is 0 Å². The van der Waals surface area contributed by atoms with Crippen LogP contribution in [0.3, 0.4) is 0 Å². The molecule has 1 saturated heterocycles. The quantitative estimate of drug-likeness (QED) is 0.806. The predicted molar refractivity (Wildman–Crippen MR) is 90.2 cm³/mol. The lowest BCUT2D eigenvalue weighted by molar-refractivity contribution is -0.135. The molecule has 2 aliphatic rings. The van der Waals surface area contributed by atoms with Gasteiger partial charge in [-0.05, 0) is 43.7 Å². The van der Waals surface area contributed by atoms with Crippen LogP contribution in [0.1, 0.15) is 39.0 Å². The normalized spacial score (nSPS) is 25.5. The molecule has 2 N–H and O–H groups in total. The van der Waals surface area contributed by atoms with Gasteiger partial charge in [0.2, 0.25) is 5.91 Å². The van der Waals surface area contributed by atoms with E-state index in [1.807, 2.05) is 0 Å². The monoisotopic (exact) mass is 365 g/mol. The van der Waals surface area contributed by atoms with E-state index in [0.717, 1.165) is 36.3 Å². The molecule has 1 aliphatic heterocycles. The Hall–Kier alpha value is -2.51. The summed E-state index contributed by atoms with van der Waals surface area (Å²) >= 11 is 0. The summed E-state index contributed by atoms with van der Waals surface area (Å²) in [6, 6.07) is 2.34. The maximum Gasteiger partial charge on any atom is 0.325 e. The SMILES string of the molecule is CCC1CCC2(CC1)NC(=O)N(CC(=O)Nc1ccc(F)c(F)c1)C2=O. The van der Waals surface area contributed by atoms with Crippen molar-refractivity contribution in [1.82, 2.24) is 10.2 Å². The molecular weight excluding hydrogens is 344 g/mol. The Kier molecular flexibility index (Phi) is 4.93. The Morgan fingerprint density at radius 3 is 2.58 bits per heavy atom. The van der Waals surface area contributed by atoms with Crippen molar-refractivity contribution in [2.45, 2.75) is 44.6 Å². The van der Waals surface area contributed by atoms with E-state index >= 15 is 0 Å². The van der Waals surface area contributed by atoms with Crippen molar-refractivity contribution in [2.75, 3.05) is 11.9 Å². The lowest BCUT2D eigenvalue weighted by Crippen LogP contribution is -2.49. The van der Waals surface area contributed by atoms with Gasteiger partial charge in [0.25, 0.3) is 5.91 Å². The second kappa shape index (κ2) is 7.01. The number of nitrogens with zero attached hydrogens (tertiary/aromatic N) is 1. The minimum Gasteiger partial charge on any atom is -0.324 e. The zero-order chi connectivity index (χ0) is 18.9. The molecule has 6 nitrogen and oxygen atoms in total. The fraction of sp³-hybridized carbons (Fsp3) is 0.500. The average molecular weight is 365 g/mol. The number of hydrogen-bond acceptors (Lipinski definition) is 3. The molecule has 2 fully saturated rings. The van der Waals surface area contributed by atoms with Gasteiger partial charge in [0.1, 0.15) is 12.1 Å². The molecule has 0 bridgehead atoms. The van der Waals surface area contributed by atoms with Gasteiger partial charge >= 0.3 is 6.03 Å². The third kappa shape index (κ3) is 3.40. The molecule has 1 saturated carbocycles. The molecule has 140 valence electrons. The van der Waals surface area contributed by atoms with Crippen molar-refractivity contribution >= 4 is 23.5 Å². The summed E-state index contributed by atoms with van der Waals surface area (Å²) in [4.78, 5) is 37.9. The van der Waals surface area contributed by atoms with Gasteiger partial charge < -0.3 is 10.6 Å². The second-order valence-electron chi connectivity index (χ2n) is 6.93. The Morgan fingerprint density at radius 2 is 1.96 bits per heavy atom. The van der Waals surface area contributed by atoms with Crippen LogP contribution in [0.25, 0.3) is 0 Å². The van der Waals surface area contributed by atoms with Crippen LogP contribution < -0.4 is 10.6 Å². The average Bonchev–Trinajstić information content (AvgIpc) is 2.83. The third-order valence-electron chi connectivity index (χ3n) is 5.29. The molecule has 1 spiro atoms. The summed E-state index contributed by atoms with van der Waals surface area (Å²) < 4.78 is 26.1. The number of nitrogens with one attached hydrogen (secondary N) is 2. The van der Waals surface area contributed by atoms with Crippen LogP contribution in [-0.4, -0.2) is 34.8 Å². The molecule has 0 aromatic heterocycles. The van der Waals surface area contributed by atoms with Crippen LogP contribution in [0, 0.1) is 17.6 Å². The van der Waals surface area contributed by atoms with Gasteiger partial charge in [-0.25, -0.2) is 13.6 Å². The first-order chi connectivity index (χ1) is 12.3. The molecular formula is C18H21F2N3O3. The molecule has 1 aromatic rings. The number of carbonyl (C=O) groups is 3. The second-order valence-corrected chi connectivity index (χ2v) is 6.93. The number of imide groups is 1. The summed E-state index contributed by atoms with van der Waals surface area (Å²) in [5, 5.41) is 5.11. The zero-order valence-corrected chi connectivity index (χ0v) is 14.5. The molecule has 0 unspecified atom stereocenters. The molecule has 3 rings (SSSR count). The Balaban J connectivity index is 1.64. The van der Waals surface area contributed by atoms with Crippen molar-refractivity contribution in [2.24, 2.45) is 5.92 Å². The number of halogens is 2. The Morgan fingerprint density at radius 1 is 1.27 bits per heavy atom. The van der Waals surface area contributed by atoms with Crippen LogP contribution >= 0.6 is 0 Å². The van der Waals surface area contributed by atoms with E-state index in [1.165, 1.54) is 6.07 Å². The van der Waals surface area contributed by atoms with Crippen LogP contribution in [0.4, 0.5) is 19.3 Å². The number of hydrogen-bond donors (Lipinski definition) is 2. The van der Waals surface area contributed by atoms with E-state index in [9.17, 15) is 23.2 Å². The van der Waals surface area contributed by atoms with Gasteiger partial charge in [0.15, 0.2) is 11.6 Å². The summed E-state index contributed by atoms with van der Waals surface area (Å²) in [6.45, 7) is 1.63. The highest BCUT2D eigenvalue weighted by atomic mass is 19.2. The predicted octanol–water partition coefficient (Wildman–Crippen LogP) is 2.79. The number of amides is 4. The van der Waals surface area contributed by atoms with Crippen LogP contribution in [0.15, 0.2) is 18.2 Å². The summed E-state index contributed by atoms with van der Waals surface area (Å²) in [6.07, 6.45) is 3.89. The highest BCUT2D eigenvalue weighted by molar-refractivity contribution is 6.10. The summed E-state index contributed by atoms with van der Waals surface area (Å²) in [7, 11) is 0. The van der Waals surface area contributed by atoms with Crippen molar-refractivity contribution in [1.29, 1.82) is 0 Å². The minimum absolute atomic E-state index is 0.0547. The Bertz CT molecular complexity index is 745. The number of urea groups is 1. The fourth-order valence-corrected chi connectivity index (χ4v) is 3.66. The zero-order valence-electron chi connectivity index (χ0n) is 14.5. The third-order valence-corrected chi connectivity index (χ3v) is 5.29. The van der Waals surface area contributed by atoms with Crippen LogP contribution in [0.5, 0.6) is 0 Å². The van der Waals surface area contributed by atoms with E-state index in [1.54, 1.807) is 0 Å². The smallest absolute Gasteiger partial charge is 0.324 e. The van der Waals surface area contributed by atoms with Crippen molar-refractivity contribution < 1.29 is 23.2 Å². The molecule has 26 heavy (non-hydrogen) atoms. The van der Waals surface area contributed by atoms with Gasteiger partial charge in [-0.2, -0.15) is 0 Å². The molecule has 8 heteroatoms. The maximum absolute atomic E-state index is 13.2. The van der Waals surface area contributed by atoms with Gasteiger partial charge in [-0.15, -0.1) is 0 Å². The van der Waals surface area contributed by atoms with E-state index in [2.05, 4.69) is 17.6 Å². The van der Waals surface area contributed by atoms with Crippen molar-refractivity contribution in [3.05, 3.63) is 29.8 Å². The highest BCUT2D eigenvalue weighted by Crippen LogP contribution is 2.37. The molecule has 1 aromatic carbocycles. The number of carbonyl (C=O) groups excluding carboxylic acids is 3. The topological polar surface area (TPSA) is 78.5 Å². The number of benzene rings is 1. The lowest BCUT2D eigenvalue weighted by atomic mass is 9.75. The maximum atomic E-state index is 13.2. The number of rotatable bonds is 4. The fourth-order valence-electron chi connectivity index (χ4n) is 3.66. The molecule has 0 radical (unpaired) electrons. The molecule has 4 amide bonds. The first-order valence-electron chi connectivity index (χ1n) is 8.73. The standard InChI is InChI=1S/C18H21F2N3O3/c1-2-11-5-7-18(8-6-11)16(25)23(17(26)22-18)10-15(24)21-12-3-4-13(19)14(20)9-12/h3-4,9,11H,2,5-8,10H2,1H3,(H,21,24)(H,22,26). The highest BCUT2D eigenvalue weighted by Gasteiger charge is 2.52. The van der Waals surface area contributed by atoms with Crippen molar-refractivity contribution in [3.8, 4) is 0 Å². The molecule has 0 atom stereocenters. The first kappa shape index (κ1) is 18.3.